The highest BCUT2D eigenvalue weighted by Gasteiger charge is 2.41. The number of nitrogens with zero attached hydrogens (tertiary/aromatic N) is 3. The first-order valence-electron chi connectivity index (χ1n) is 8.80. The maximum Gasteiger partial charge on any atom is 0.472 e. The minimum atomic E-state index is -4.42. The molecule has 14 nitrogen and oxygen atoms in total. The maximum atomic E-state index is 12.2. The molecule has 0 radical (unpaired) electrons. The van der Waals surface area contributed by atoms with Gasteiger partial charge in [0.1, 0.15) is 18.4 Å². The second kappa shape index (κ2) is 9.28. The van der Waals surface area contributed by atoms with Crippen LogP contribution in [0, 0.1) is 0 Å². The molecule has 162 valence electrons. The van der Waals surface area contributed by atoms with Crippen molar-refractivity contribution in [3.05, 3.63) is 16.7 Å². The molecule has 0 bridgehead atoms. The topological polar surface area (TPSA) is 207 Å². The average Bonchev–Trinajstić information content (AvgIpc) is 3.24. The Morgan fingerprint density at radius 1 is 1.45 bits per heavy atom. The van der Waals surface area contributed by atoms with Crippen LogP contribution in [-0.4, -0.2) is 79.7 Å². The van der Waals surface area contributed by atoms with E-state index in [0.717, 1.165) is 0 Å². The Labute approximate surface area is 164 Å². The van der Waals surface area contributed by atoms with Gasteiger partial charge in [-0.15, -0.1) is 0 Å². The quantitative estimate of drug-likeness (QED) is 0.178. The lowest BCUT2D eigenvalue weighted by molar-refractivity contribution is -0.0437. The van der Waals surface area contributed by atoms with Crippen LogP contribution < -0.4 is 16.6 Å². The molecule has 0 aromatic carbocycles. The second-order valence-electron chi connectivity index (χ2n) is 6.24. The molecule has 0 spiro atoms. The van der Waals surface area contributed by atoms with Gasteiger partial charge in [-0.05, 0) is 0 Å². The third-order valence-corrected chi connectivity index (χ3v) is 5.26. The molecule has 0 amide bonds. The Balaban J connectivity index is 1.68. The van der Waals surface area contributed by atoms with Gasteiger partial charge in [0.2, 0.25) is 5.95 Å². The number of rotatable bonds is 10. The summed E-state index contributed by atoms with van der Waals surface area (Å²) in [6, 6.07) is 0. The molecule has 3 heterocycles. The number of nitrogen functional groups attached to an aromatic ring is 1. The van der Waals surface area contributed by atoms with Crippen LogP contribution in [-0.2, 0) is 18.3 Å². The molecule has 15 heteroatoms. The molecule has 2 aromatic heterocycles. The summed E-state index contributed by atoms with van der Waals surface area (Å²) in [7, 11) is -4.42. The van der Waals surface area contributed by atoms with Crippen molar-refractivity contribution in [1.29, 1.82) is 0 Å². The zero-order valence-electron chi connectivity index (χ0n) is 15.3. The van der Waals surface area contributed by atoms with Crippen LogP contribution >= 0.6 is 7.82 Å². The highest BCUT2D eigenvalue weighted by Crippen LogP contribution is 2.48. The second-order valence-corrected chi connectivity index (χ2v) is 7.65. The Bertz CT molecular complexity index is 934. The number of aliphatic hydroxyl groups excluding tert-OH is 2. The van der Waals surface area contributed by atoms with Gasteiger partial charge in [0, 0.05) is 19.5 Å². The van der Waals surface area contributed by atoms with Crippen molar-refractivity contribution in [2.75, 3.05) is 38.6 Å². The number of nitrogens with one attached hydrogen (secondary N) is 2. The summed E-state index contributed by atoms with van der Waals surface area (Å²) in [5.41, 5.74) is 5.29. The molecular weight excluding hydrogens is 411 g/mol. The van der Waals surface area contributed by atoms with E-state index in [-0.39, 0.29) is 43.3 Å². The van der Waals surface area contributed by atoms with Crippen LogP contribution in [0.15, 0.2) is 11.1 Å². The number of ether oxygens (including phenoxy) is 1. The molecule has 1 saturated heterocycles. The van der Waals surface area contributed by atoms with Gasteiger partial charge >= 0.3 is 7.82 Å². The minimum Gasteiger partial charge on any atom is -0.395 e. The molecule has 4 atom stereocenters. The van der Waals surface area contributed by atoms with E-state index in [0.29, 0.717) is 6.54 Å². The first-order chi connectivity index (χ1) is 13.8. The van der Waals surface area contributed by atoms with E-state index in [1.165, 1.54) is 10.9 Å². The first kappa shape index (κ1) is 21.8. The Kier molecular flexibility index (Phi) is 6.97. The number of hydrogen-bond donors (Lipinski definition) is 6. The summed E-state index contributed by atoms with van der Waals surface area (Å²) in [6.07, 6.45) is -1.23. The number of aliphatic hydroxyl groups is 2. The molecule has 2 aromatic rings. The fourth-order valence-corrected chi connectivity index (χ4v) is 3.89. The van der Waals surface area contributed by atoms with Gasteiger partial charge in [0.15, 0.2) is 11.2 Å². The molecule has 0 aliphatic carbocycles. The van der Waals surface area contributed by atoms with Gasteiger partial charge in [0.05, 0.1) is 26.1 Å². The van der Waals surface area contributed by atoms with Crippen molar-refractivity contribution in [2.45, 2.75) is 24.9 Å². The molecule has 1 fully saturated rings. The van der Waals surface area contributed by atoms with E-state index < -0.39 is 38.4 Å². The number of aromatic nitrogens is 4. The fourth-order valence-electron chi connectivity index (χ4n) is 2.94. The molecule has 29 heavy (non-hydrogen) atoms. The van der Waals surface area contributed by atoms with Crippen LogP contribution in [0.5, 0.6) is 0 Å². The van der Waals surface area contributed by atoms with E-state index in [4.69, 9.17) is 24.6 Å². The average molecular weight is 434 g/mol. The van der Waals surface area contributed by atoms with Crippen molar-refractivity contribution in [2.24, 2.45) is 0 Å². The Morgan fingerprint density at radius 3 is 2.97 bits per heavy atom. The Hall–Kier alpha value is -1.90. The van der Waals surface area contributed by atoms with Crippen molar-refractivity contribution >= 4 is 24.9 Å². The van der Waals surface area contributed by atoms with Crippen molar-refractivity contribution in [1.82, 2.24) is 24.8 Å². The number of phosphoric acid groups is 1. The summed E-state index contributed by atoms with van der Waals surface area (Å²) in [4.78, 5) is 32.2. The third-order valence-electron chi connectivity index (χ3n) is 4.21. The molecule has 3 rings (SSSR count). The lowest BCUT2D eigenvalue weighted by Crippen LogP contribution is -2.28. The highest BCUT2D eigenvalue weighted by molar-refractivity contribution is 7.47. The summed E-state index contributed by atoms with van der Waals surface area (Å²) in [5, 5.41) is 21.0. The van der Waals surface area contributed by atoms with Crippen molar-refractivity contribution in [3.8, 4) is 0 Å². The van der Waals surface area contributed by atoms with Gasteiger partial charge in [-0.25, -0.2) is 9.55 Å². The summed E-state index contributed by atoms with van der Waals surface area (Å²) in [6.45, 7) is -0.0917. The smallest absolute Gasteiger partial charge is 0.395 e. The number of aromatic amines is 1. The molecular formula is C14H23N6O8P. The summed E-state index contributed by atoms with van der Waals surface area (Å²) < 4.78 is 29.3. The van der Waals surface area contributed by atoms with E-state index in [1.807, 2.05) is 0 Å². The number of fused-ring (bicyclic) bond motifs is 1. The molecule has 1 aliphatic heterocycles. The van der Waals surface area contributed by atoms with Crippen LogP contribution in [0.25, 0.3) is 11.2 Å². The van der Waals surface area contributed by atoms with Gasteiger partial charge in [0.25, 0.3) is 5.56 Å². The molecule has 7 N–H and O–H groups in total. The molecule has 1 aliphatic rings. The number of imidazole rings is 1. The van der Waals surface area contributed by atoms with Gasteiger partial charge in [-0.3, -0.25) is 23.4 Å². The number of anilines is 1. The van der Waals surface area contributed by atoms with Crippen molar-refractivity contribution in [3.63, 3.8) is 0 Å². The lowest BCUT2D eigenvalue weighted by Gasteiger charge is -2.19. The van der Waals surface area contributed by atoms with E-state index in [9.17, 15) is 19.4 Å². The van der Waals surface area contributed by atoms with Gasteiger partial charge < -0.3 is 30.9 Å². The predicted molar refractivity (Wildman–Crippen MR) is 98.8 cm³/mol. The lowest BCUT2D eigenvalue weighted by atomic mass is 10.2. The van der Waals surface area contributed by atoms with Crippen LogP contribution in [0.1, 0.15) is 12.6 Å². The summed E-state index contributed by atoms with van der Waals surface area (Å²) >= 11 is 0. The monoisotopic (exact) mass is 434 g/mol. The third kappa shape index (κ3) is 5.18. The van der Waals surface area contributed by atoms with E-state index in [2.05, 4.69) is 20.3 Å². The normalized spacial score (nSPS) is 24.2. The number of nitrogens with two attached hydrogens (primary N) is 1. The minimum absolute atomic E-state index is 0.0549. The zero-order valence-corrected chi connectivity index (χ0v) is 16.2. The zero-order chi connectivity index (χ0) is 21.0. The van der Waals surface area contributed by atoms with E-state index in [1.54, 1.807) is 0 Å². The SMILES string of the molecule is Nc1nc2c(ncn2[C@H]2C[C@H](OP(=O)(O)OCCNCCO)[C@@H](CO)O2)c(=O)[nH]1. The van der Waals surface area contributed by atoms with Crippen LogP contribution in [0.4, 0.5) is 5.95 Å². The number of hydrogen-bond acceptors (Lipinski definition) is 11. The number of H-pyrrole nitrogens is 1. The van der Waals surface area contributed by atoms with Gasteiger partial charge in [-0.2, -0.15) is 4.98 Å². The first-order valence-corrected chi connectivity index (χ1v) is 10.3. The van der Waals surface area contributed by atoms with Gasteiger partial charge in [-0.1, -0.05) is 0 Å². The van der Waals surface area contributed by atoms with Crippen molar-refractivity contribution < 1.29 is 33.5 Å². The summed E-state index contributed by atoms with van der Waals surface area (Å²) in [5.74, 6) is -0.100. The standard InChI is InChI=1S/C14H23N6O8P/c15-14-18-12-11(13(23)19-14)17-7-20(12)10-5-8(9(6-22)27-10)28-29(24,25)26-4-2-16-1-3-21/h7-10,16,21-22H,1-6H2,(H,24,25)(H3,15,18,19,23)/t8-,9+,10+/m0/s1. The van der Waals surface area contributed by atoms with Crippen LogP contribution in [0.2, 0.25) is 0 Å². The predicted octanol–water partition coefficient (Wildman–Crippen LogP) is -1.93. The number of phosphoric ester groups is 1. The Morgan fingerprint density at radius 2 is 2.24 bits per heavy atom. The van der Waals surface area contributed by atoms with Crippen LogP contribution in [0.3, 0.4) is 0 Å². The largest absolute Gasteiger partial charge is 0.472 e. The molecule has 0 saturated carbocycles. The maximum absolute atomic E-state index is 12.2. The fraction of sp³-hybridized carbons (Fsp3) is 0.643. The highest BCUT2D eigenvalue weighted by atomic mass is 31.2. The van der Waals surface area contributed by atoms with E-state index >= 15 is 0 Å². The molecule has 1 unspecified atom stereocenters.